The van der Waals surface area contributed by atoms with E-state index >= 15 is 0 Å². The first-order valence-electron chi connectivity index (χ1n) is 6.91. The Kier molecular flexibility index (Phi) is 5.61. The molecule has 2 rings (SSSR count). The normalized spacial score (nSPS) is 19.0. The van der Waals surface area contributed by atoms with Gasteiger partial charge in [-0.25, -0.2) is 0 Å². The van der Waals surface area contributed by atoms with E-state index in [1.165, 1.54) is 13.2 Å². The van der Waals surface area contributed by atoms with Gasteiger partial charge in [-0.05, 0) is 53.4 Å². The summed E-state index contributed by atoms with van der Waals surface area (Å²) in [6.07, 6.45) is 6.20. The van der Waals surface area contributed by atoms with Gasteiger partial charge in [0.05, 0.1) is 13.5 Å². The molecule has 0 saturated carbocycles. The maximum atomic E-state index is 12.3. The van der Waals surface area contributed by atoms with Crippen LogP contribution in [0.1, 0.15) is 31.4 Å². The van der Waals surface area contributed by atoms with Crippen molar-refractivity contribution in [3.63, 3.8) is 0 Å². The highest BCUT2D eigenvalue weighted by Gasteiger charge is 2.27. The molecule has 1 aromatic heterocycles. The van der Waals surface area contributed by atoms with Crippen molar-refractivity contribution >= 4 is 33.9 Å². The van der Waals surface area contributed by atoms with Crippen molar-refractivity contribution < 1.29 is 18.7 Å². The standard InChI is InChI=1S/C15H18BrNO4/c1-20-15(19)10-11-4-2-3-9-17(11)14(18)8-6-12-5-7-13(16)21-12/h5-8,11H,2-4,9-10H2,1H3/b8-6+. The molecule has 0 bridgehead atoms. The van der Waals surface area contributed by atoms with Crippen molar-refractivity contribution in [3.8, 4) is 0 Å². The molecule has 1 atom stereocenters. The number of carbonyl (C=O) groups excluding carboxylic acids is 2. The van der Waals surface area contributed by atoms with Gasteiger partial charge in [0.25, 0.3) is 0 Å². The van der Waals surface area contributed by atoms with Gasteiger partial charge in [0.1, 0.15) is 5.76 Å². The van der Waals surface area contributed by atoms with Crippen LogP contribution in [0.15, 0.2) is 27.3 Å². The summed E-state index contributed by atoms with van der Waals surface area (Å²) in [6.45, 7) is 0.673. The average molecular weight is 356 g/mol. The van der Waals surface area contributed by atoms with Crippen molar-refractivity contribution in [2.24, 2.45) is 0 Å². The number of piperidine rings is 1. The molecule has 0 N–H and O–H groups in total. The number of likely N-dealkylation sites (tertiary alicyclic amines) is 1. The van der Waals surface area contributed by atoms with Gasteiger partial charge in [-0.3, -0.25) is 9.59 Å². The van der Waals surface area contributed by atoms with Crippen LogP contribution in [0.3, 0.4) is 0 Å². The number of amides is 1. The summed E-state index contributed by atoms with van der Waals surface area (Å²) in [4.78, 5) is 25.5. The second-order valence-corrected chi connectivity index (χ2v) is 5.72. The predicted octanol–water partition coefficient (Wildman–Crippen LogP) is 3.00. The second-order valence-electron chi connectivity index (χ2n) is 4.94. The van der Waals surface area contributed by atoms with Crippen LogP contribution in [-0.4, -0.2) is 36.5 Å². The molecule has 0 aromatic carbocycles. The highest BCUT2D eigenvalue weighted by Crippen LogP contribution is 2.21. The molecule has 2 heterocycles. The molecule has 1 saturated heterocycles. The van der Waals surface area contributed by atoms with E-state index in [1.54, 1.807) is 23.1 Å². The van der Waals surface area contributed by atoms with E-state index in [1.807, 2.05) is 0 Å². The van der Waals surface area contributed by atoms with Crippen LogP contribution in [0.25, 0.3) is 6.08 Å². The van der Waals surface area contributed by atoms with Crippen molar-refractivity contribution in [3.05, 3.63) is 28.6 Å². The monoisotopic (exact) mass is 355 g/mol. The molecule has 1 amide bonds. The molecule has 114 valence electrons. The fourth-order valence-electron chi connectivity index (χ4n) is 2.45. The van der Waals surface area contributed by atoms with Crippen LogP contribution >= 0.6 is 15.9 Å². The van der Waals surface area contributed by atoms with Crippen molar-refractivity contribution in [1.29, 1.82) is 0 Å². The Labute approximate surface area is 132 Å². The number of rotatable bonds is 4. The van der Waals surface area contributed by atoms with E-state index in [4.69, 9.17) is 9.15 Å². The highest BCUT2D eigenvalue weighted by atomic mass is 79.9. The average Bonchev–Trinajstić information content (AvgIpc) is 2.91. The number of nitrogens with zero attached hydrogens (tertiary/aromatic N) is 1. The molecule has 1 unspecified atom stereocenters. The number of carbonyl (C=O) groups is 2. The summed E-state index contributed by atoms with van der Waals surface area (Å²) in [5.41, 5.74) is 0. The smallest absolute Gasteiger partial charge is 0.307 e. The topological polar surface area (TPSA) is 59.8 Å². The predicted molar refractivity (Wildman–Crippen MR) is 81.4 cm³/mol. The molecule has 5 nitrogen and oxygen atoms in total. The third-order valence-corrected chi connectivity index (χ3v) is 3.95. The number of esters is 1. The highest BCUT2D eigenvalue weighted by molar-refractivity contribution is 9.10. The summed E-state index contributed by atoms with van der Waals surface area (Å²) in [7, 11) is 1.37. The maximum Gasteiger partial charge on any atom is 0.307 e. The molecule has 0 aliphatic carbocycles. The molecule has 0 radical (unpaired) electrons. The molecule has 21 heavy (non-hydrogen) atoms. The molecule has 1 aliphatic rings. The van der Waals surface area contributed by atoms with Crippen molar-refractivity contribution in [1.82, 2.24) is 4.90 Å². The first kappa shape index (κ1) is 15.8. The largest absolute Gasteiger partial charge is 0.469 e. The summed E-state index contributed by atoms with van der Waals surface area (Å²) < 4.78 is 10.6. The quantitative estimate of drug-likeness (QED) is 0.615. The lowest BCUT2D eigenvalue weighted by molar-refractivity contribution is -0.143. The fourth-order valence-corrected chi connectivity index (χ4v) is 2.76. The van der Waals surface area contributed by atoms with Crippen LogP contribution in [0.4, 0.5) is 0 Å². The summed E-state index contributed by atoms with van der Waals surface area (Å²) in [5, 5.41) is 0. The minimum absolute atomic E-state index is 0.0771. The Morgan fingerprint density at radius 1 is 1.48 bits per heavy atom. The number of methoxy groups -OCH3 is 1. The Hall–Kier alpha value is -1.56. The lowest BCUT2D eigenvalue weighted by Gasteiger charge is -2.34. The molecule has 1 aliphatic heterocycles. The Bertz CT molecular complexity index is 538. The molecule has 0 spiro atoms. The molecule has 6 heteroatoms. The van der Waals surface area contributed by atoms with Gasteiger partial charge >= 0.3 is 5.97 Å². The lowest BCUT2D eigenvalue weighted by Crippen LogP contribution is -2.44. The summed E-state index contributed by atoms with van der Waals surface area (Å²) in [5.74, 6) is 0.228. The Balaban J connectivity index is 2.01. The van der Waals surface area contributed by atoms with Gasteiger partial charge in [0.2, 0.25) is 5.91 Å². The van der Waals surface area contributed by atoms with E-state index in [9.17, 15) is 9.59 Å². The van der Waals surface area contributed by atoms with Crippen molar-refractivity contribution in [2.75, 3.05) is 13.7 Å². The first-order chi connectivity index (χ1) is 10.1. The Morgan fingerprint density at radius 2 is 2.29 bits per heavy atom. The van der Waals surface area contributed by atoms with E-state index in [-0.39, 0.29) is 24.3 Å². The molecule has 1 aromatic rings. The lowest BCUT2D eigenvalue weighted by atomic mass is 9.99. The van der Waals surface area contributed by atoms with Crippen LogP contribution in [0.2, 0.25) is 0 Å². The summed E-state index contributed by atoms with van der Waals surface area (Å²) in [6, 6.07) is 3.47. The van der Waals surface area contributed by atoms with Gasteiger partial charge in [-0.2, -0.15) is 0 Å². The fraction of sp³-hybridized carbons (Fsp3) is 0.467. The number of ether oxygens (including phenoxy) is 1. The van der Waals surface area contributed by atoms with E-state index in [0.717, 1.165) is 19.3 Å². The maximum absolute atomic E-state index is 12.3. The van der Waals surface area contributed by atoms with Crippen LogP contribution < -0.4 is 0 Å². The molecular formula is C15H18BrNO4. The molecular weight excluding hydrogens is 338 g/mol. The van der Waals surface area contributed by atoms with Gasteiger partial charge in [-0.1, -0.05) is 0 Å². The number of furan rings is 1. The number of halogens is 1. The minimum atomic E-state index is -0.279. The third-order valence-electron chi connectivity index (χ3n) is 3.52. The number of hydrogen-bond acceptors (Lipinski definition) is 4. The second kappa shape index (κ2) is 7.45. The minimum Gasteiger partial charge on any atom is -0.469 e. The SMILES string of the molecule is COC(=O)CC1CCCCN1C(=O)/C=C/c1ccc(Br)o1. The van der Waals surface area contributed by atoms with E-state index < -0.39 is 0 Å². The van der Waals surface area contributed by atoms with E-state index in [0.29, 0.717) is 17.0 Å². The zero-order chi connectivity index (χ0) is 15.2. The van der Waals surface area contributed by atoms with Gasteiger partial charge in [-0.15, -0.1) is 0 Å². The van der Waals surface area contributed by atoms with Crippen molar-refractivity contribution in [2.45, 2.75) is 31.7 Å². The van der Waals surface area contributed by atoms with E-state index in [2.05, 4.69) is 15.9 Å². The zero-order valence-corrected chi connectivity index (χ0v) is 13.5. The third kappa shape index (κ3) is 4.46. The van der Waals surface area contributed by atoms with Gasteiger partial charge in [0, 0.05) is 18.7 Å². The van der Waals surface area contributed by atoms with Crippen LogP contribution in [0, 0.1) is 0 Å². The van der Waals surface area contributed by atoms with Crippen LogP contribution in [0.5, 0.6) is 0 Å². The zero-order valence-electron chi connectivity index (χ0n) is 11.9. The van der Waals surface area contributed by atoms with Gasteiger partial charge in [0.15, 0.2) is 4.67 Å². The van der Waals surface area contributed by atoms with Gasteiger partial charge < -0.3 is 14.1 Å². The number of hydrogen-bond donors (Lipinski definition) is 0. The van der Waals surface area contributed by atoms with Crippen LogP contribution in [-0.2, 0) is 14.3 Å². The molecule has 1 fully saturated rings. The first-order valence-corrected chi connectivity index (χ1v) is 7.70. The Morgan fingerprint density at radius 3 is 2.95 bits per heavy atom. The summed E-state index contributed by atoms with van der Waals surface area (Å²) >= 11 is 3.21.